The summed E-state index contributed by atoms with van der Waals surface area (Å²) in [5, 5.41) is 5.44. The SMILES string of the molecule is CNC(=O)c1cc(C(=O)NC2CN(S(C)(=O)=O)C2)cc2c1OCC2c1ccccc1. The minimum atomic E-state index is -3.25. The van der Waals surface area contributed by atoms with Crippen molar-refractivity contribution in [2.75, 3.05) is 33.0 Å². The number of amides is 2. The third-order valence-corrected chi connectivity index (χ3v) is 6.71. The van der Waals surface area contributed by atoms with Crippen molar-refractivity contribution in [1.29, 1.82) is 0 Å². The average molecular weight is 429 g/mol. The van der Waals surface area contributed by atoms with E-state index in [0.717, 1.165) is 17.4 Å². The van der Waals surface area contributed by atoms with Crippen molar-refractivity contribution in [1.82, 2.24) is 14.9 Å². The first-order valence-corrected chi connectivity index (χ1v) is 11.5. The molecule has 2 heterocycles. The van der Waals surface area contributed by atoms with Crippen LogP contribution in [-0.4, -0.2) is 63.6 Å². The van der Waals surface area contributed by atoms with E-state index >= 15 is 0 Å². The maximum atomic E-state index is 12.9. The van der Waals surface area contributed by atoms with Crippen molar-refractivity contribution >= 4 is 21.8 Å². The van der Waals surface area contributed by atoms with Gasteiger partial charge in [-0.15, -0.1) is 0 Å². The van der Waals surface area contributed by atoms with Gasteiger partial charge in [-0.3, -0.25) is 9.59 Å². The minimum absolute atomic E-state index is 0.0817. The first kappa shape index (κ1) is 20.4. The van der Waals surface area contributed by atoms with E-state index in [0.29, 0.717) is 23.5 Å². The topological polar surface area (TPSA) is 105 Å². The predicted octanol–water partition coefficient (Wildman–Crippen LogP) is 0.944. The summed E-state index contributed by atoms with van der Waals surface area (Å²) in [6.07, 6.45) is 1.14. The standard InChI is InChI=1S/C21H23N3O5S/c1-22-21(26)17-9-14(20(25)23-15-10-24(11-15)30(2,27)28)8-16-18(12-29-19(16)17)13-6-4-3-5-7-13/h3-9,15,18H,10-12H2,1-2H3,(H,22,26)(H,23,25). The highest BCUT2D eigenvalue weighted by Gasteiger charge is 2.35. The Labute approximate surface area is 175 Å². The van der Waals surface area contributed by atoms with Gasteiger partial charge in [0, 0.05) is 37.2 Å². The Kier molecular flexibility index (Phi) is 5.25. The lowest BCUT2D eigenvalue weighted by atomic mass is 9.90. The number of sulfonamides is 1. The molecule has 158 valence electrons. The second-order valence-corrected chi connectivity index (χ2v) is 9.53. The zero-order valence-electron chi connectivity index (χ0n) is 16.7. The van der Waals surface area contributed by atoms with Crippen LogP contribution in [0.1, 0.15) is 37.8 Å². The fourth-order valence-electron chi connectivity index (χ4n) is 3.79. The Hall–Kier alpha value is -2.91. The van der Waals surface area contributed by atoms with E-state index in [1.54, 1.807) is 6.07 Å². The molecule has 0 aromatic heterocycles. The molecule has 2 amide bonds. The van der Waals surface area contributed by atoms with E-state index in [1.807, 2.05) is 30.3 Å². The van der Waals surface area contributed by atoms with Crippen LogP contribution >= 0.6 is 0 Å². The number of rotatable bonds is 5. The molecule has 8 nitrogen and oxygen atoms in total. The molecule has 1 atom stereocenters. The monoisotopic (exact) mass is 429 g/mol. The summed E-state index contributed by atoms with van der Waals surface area (Å²) in [7, 11) is -1.73. The summed E-state index contributed by atoms with van der Waals surface area (Å²) in [5.74, 6) is -0.269. The molecule has 0 saturated carbocycles. The highest BCUT2D eigenvalue weighted by Crippen LogP contribution is 2.41. The van der Waals surface area contributed by atoms with Gasteiger partial charge in [0.15, 0.2) is 0 Å². The van der Waals surface area contributed by atoms with Gasteiger partial charge in [0.1, 0.15) is 5.75 Å². The average Bonchev–Trinajstić information content (AvgIpc) is 3.12. The number of nitrogens with one attached hydrogen (secondary N) is 2. The largest absolute Gasteiger partial charge is 0.491 e. The van der Waals surface area contributed by atoms with Gasteiger partial charge in [-0.1, -0.05) is 30.3 Å². The fourth-order valence-corrected chi connectivity index (χ4v) is 4.69. The molecule has 0 aliphatic carbocycles. The molecule has 0 bridgehead atoms. The van der Waals surface area contributed by atoms with Gasteiger partial charge in [-0.2, -0.15) is 4.31 Å². The predicted molar refractivity (Wildman–Crippen MR) is 111 cm³/mol. The van der Waals surface area contributed by atoms with Gasteiger partial charge in [0.05, 0.1) is 24.5 Å². The highest BCUT2D eigenvalue weighted by atomic mass is 32.2. The van der Waals surface area contributed by atoms with Crippen LogP contribution in [0.3, 0.4) is 0 Å². The van der Waals surface area contributed by atoms with E-state index < -0.39 is 10.0 Å². The number of hydrogen-bond acceptors (Lipinski definition) is 5. The van der Waals surface area contributed by atoms with Gasteiger partial charge in [-0.25, -0.2) is 8.42 Å². The Morgan fingerprint density at radius 2 is 1.80 bits per heavy atom. The van der Waals surface area contributed by atoms with Crippen molar-refractivity contribution in [3.05, 3.63) is 64.7 Å². The van der Waals surface area contributed by atoms with E-state index in [9.17, 15) is 18.0 Å². The molecule has 2 aliphatic rings. The molecule has 2 aromatic rings. The zero-order chi connectivity index (χ0) is 21.5. The van der Waals surface area contributed by atoms with Gasteiger partial charge in [0.2, 0.25) is 10.0 Å². The maximum Gasteiger partial charge on any atom is 0.254 e. The number of nitrogens with zero attached hydrogens (tertiary/aromatic N) is 1. The Bertz CT molecular complexity index is 1100. The van der Waals surface area contributed by atoms with Crippen LogP contribution in [-0.2, 0) is 10.0 Å². The minimum Gasteiger partial charge on any atom is -0.491 e. The number of benzene rings is 2. The molecule has 1 unspecified atom stereocenters. The van der Waals surface area contributed by atoms with Crippen LogP contribution in [0.25, 0.3) is 0 Å². The Balaban J connectivity index is 1.63. The lowest BCUT2D eigenvalue weighted by Crippen LogP contribution is -2.60. The van der Waals surface area contributed by atoms with Gasteiger partial charge < -0.3 is 15.4 Å². The lowest BCUT2D eigenvalue weighted by Gasteiger charge is -2.37. The molecule has 2 aromatic carbocycles. The van der Waals surface area contributed by atoms with Crippen LogP contribution < -0.4 is 15.4 Å². The quantitative estimate of drug-likeness (QED) is 0.736. The van der Waals surface area contributed by atoms with Gasteiger partial charge in [0.25, 0.3) is 11.8 Å². The Morgan fingerprint density at radius 1 is 1.10 bits per heavy atom. The van der Waals surface area contributed by atoms with Gasteiger partial charge >= 0.3 is 0 Å². The van der Waals surface area contributed by atoms with Crippen LogP contribution in [0.2, 0.25) is 0 Å². The van der Waals surface area contributed by atoms with Crippen molar-refractivity contribution in [2.24, 2.45) is 0 Å². The number of carbonyl (C=O) groups is 2. The van der Waals surface area contributed by atoms with Gasteiger partial charge in [-0.05, 0) is 17.7 Å². The van der Waals surface area contributed by atoms with Crippen LogP contribution in [0.4, 0.5) is 0 Å². The summed E-state index contributed by atoms with van der Waals surface area (Å²) in [4.78, 5) is 25.3. The van der Waals surface area contributed by atoms with E-state index in [2.05, 4.69) is 10.6 Å². The second kappa shape index (κ2) is 7.73. The van der Waals surface area contributed by atoms with E-state index in [1.165, 1.54) is 17.4 Å². The smallest absolute Gasteiger partial charge is 0.254 e. The number of ether oxygens (including phenoxy) is 1. The van der Waals surface area contributed by atoms with Crippen molar-refractivity contribution < 1.29 is 22.7 Å². The normalized spacial score (nSPS) is 18.8. The molecule has 2 N–H and O–H groups in total. The van der Waals surface area contributed by atoms with Crippen molar-refractivity contribution in [2.45, 2.75) is 12.0 Å². The second-order valence-electron chi connectivity index (χ2n) is 7.55. The number of fused-ring (bicyclic) bond motifs is 1. The number of hydrogen-bond donors (Lipinski definition) is 2. The maximum absolute atomic E-state index is 12.9. The molecule has 1 fully saturated rings. The summed E-state index contributed by atoms with van der Waals surface area (Å²) >= 11 is 0. The molecule has 0 spiro atoms. The molecule has 4 rings (SSSR count). The first-order valence-electron chi connectivity index (χ1n) is 9.61. The van der Waals surface area contributed by atoms with Crippen LogP contribution in [0.15, 0.2) is 42.5 Å². The molecular weight excluding hydrogens is 406 g/mol. The van der Waals surface area contributed by atoms with Crippen LogP contribution in [0, 0.1) is 0 Å². The van der Waals surface area contributed by atoms with Crippen molar-refractivity contribution in [3.8, 4) is 5.75 Å². The van der Waals surface area contributed by atoms with E-state index in [-0.39, 0.29) is 36.9 Å². The zero-order valence-corrected chi connectivity index (χ0v) is 17.5. The third-order valence-electron chi connectivity index (χ3n) is 5.48. The lowest BCUT2D eigenvalue weighted by molar-refractivity contribution is 0.0896. The third kappa shape index (κ3) is 3.78. The molecule has 2 aliphatic heterocycles. The summed E-state index contributed by atoms with van der Waals surface area (Å²) < 4.78 is 30.2. The summed E-state index contributed by atoms with van der Waals surface area (Å²) in [6.45, 7) is 0.876. The fraction of sp³-hybridized carbons (Fsp3) is 0.333. The van der Waals surface area contributed by atoms with Crippen molar-refractivity contribution in [3.63, 3.8) is 0 Å². The summed E-state index contributed by atoms with van der Waals surface area (Å²) in [5.41, 5.74) is 2.49. The molecule has 30 heavy (non-hydrogen) atoms. The molecular formula is C21H23N3O5S. The van der Waals surface area contributed by atoms with E-state index in [4.69, 9.17) is 4.74 Å². The number of carbonyl (C=O) groups excluding carboxylic acids is 2. The van der Waals surface area contributed by atoms with Crippen LogP contribution in [0.5, 0.6) is 5.75 Å². The molecule has 9 heteroatoms. The highest BCUT2D eigenvalue weighted by molar-refractivity contribution is 7.88. The summed E-state index contributed by atoms with van der Waals surface area (Å²) in [6, 6.07) is 12.8. The molecule has 1 saturated heterocycles. The Morgan fingerprint density at radius 3 is 2.43 bits per heavy atom. The molecule has 0 radical (unpaired) electrons. The first-order chi connectivity index (χ1) is 14.3.